The molecule has 0 fully saturated rings. The highest BCUT2D eigenvalue weighted by Gasteiger charge is 2.28. The summed E-state index contributed by atoms with van der Waals surface area (Å²) in [5.41, 5.74) is 8.00. The Bertz CT molecular complexity index is 1550. The van der Waals surface area contributed by atoms with Crippen molar-refractivity contribution in [2.24, 2.45) is 5.73 Å². The first-order valence-corrected chi connectivity index (χ1v) is 14.5. The minimum atomic E-state index is -1.11. The molecule has 0 bridgehead atoms. The minimum Gasteiger partial charge on any atom is -0.494 e. The molecule has 1 aromatic heterocycles. The van der Waals surface area contributed by atoms with E-state index in [9.17, 15) is 18.8 Å². The van der Waals surface area contributed by atoms with Crippen molar-refractivity contribution in [1.29, 1.82) is 0 Å². The Morgan fingerprint density at radius 3 is 2.13 bits per heavy atom. The summed E-state index contributed by atoms with van der Waals surface area (Å²) in [5.74, 6) is -0.809. The molecule has 45 heavy (non-hydrogen) atoms. The molecule has 4 rings (SSSR count). The van der Waals surface area contributed by atoms with Crippen LogP contribution in [0.2, 0.25) is 0 Å². The van der Waals surface area contributed by atoms with E-state index < -0.39 is 35.8 Å². The Morgan fingerprint density at radius 2 is 1.49 bits per heavy atom. The molecule has 2 atom stereocenters. The zero-order chi connectivity index (χ0) is 32.0. The number of carbonyl (C=O) groups is 3. The van der Waals surface area contributed by atoms with Crippen LogP contribution in [0.25, 0.3) is 0 Å². The number of ether oxygens (including phenoxy) is 2. The van der Waals surface area contributed by atoms with Crippen LogP contribution in [0.15, 0.2) is 97.2 Å². The first-order valence-electron chi connectivity index (χ1n) is 14.5. The molecular formula is C34H36FN5O5. The fraction of sp³-hybridized carbons (Fsp3) is 0.235. The van der Waals surface area contributed by atoms with E-state index in [1.807, 2.05) is 37.3 Å². The number of benzene rings is 3. The van der Waals surface area contributed by atoms with Gasteiger partial charge in [0.2, 0.25) is 17.7 Å². The van der Waals surface area contributed by atoms with Gasteiger partial charge in [-0.2, -0.15) is 0 Å². The van der Waals surface area contributed by atoms with Gasteiger partial charge in [0, 0.05) is 43.8 Å². The number of nitrogens with one attached hydrogen (secondary N) is 3. The van der Waals surface area contributed by atoms with Crippen molar-refractivity contribution in [2.75, 3.05) is 6.61 Å². The number of hydrogen-bond donors (Lipinski definition) is 4. The summed E-state index contributed by atoms with van der Waals surface area (Å²) in [6.07, 6.45) is 0.863. The third-order valence-corrected chi connectivity index (χ3v) is 6.84. The van der Waals surface area contributed by atoms with Gasteiger partial charge >= 0.3 is 6.09 Å². The maximum absolute atomic E-state index is 14.3. The molecule has 3 amide bonds. The summed E-state index contributed by atoms with van der Waals surface area (Å²) in [6.45, 7) is 2.48. The molecular weight excluding hydrogens is 577 g/mol. The topological polar surface area (TPSA) is 145 Å². The van der Waals surface area contributed by atoms with E-state index in [0.717, 1.165) is 11.1 Å². The molecule has 0 saturated heterocycles. The molecule has 4 aromatic rings. The van der Waals surface area contributed by atoms with Crippen LogP contribution < -0.4 is 31.2 Å². The van der Waals surface area contributed by atoms with Crippen LogP contribution in [0.3, 0.4) is 0 Å². The number of amides is 3. The van der Waals surface area contributed by atoms with Crippen LogP contribution in [0, 0.1) is 5.82 Å². The van der Waals surface area contributed by atoms with E-state index >= 15 is 0 Å². The van der Waals surface area contributed by atoms with Gasteiger partial charge in [0.1, 0.15) is 23.7 Å². The number of rotatable bonds is 14. The van der Waals surface area contributed by atoms with Crippen LogP contribution in [-0.4, -0.2) is 41.6 Å². The molecule has 11 heteroatoms. The summed E-state index contributed by atoms with van der Waals surface area (Å²) >= 11 is 0. The van der Waals surface area contributed by atoms with Gasteiger partial charge in [-0.3, -0.25) is 9.59 Å². The lowest BCUT2D eigenvalue weighted by Gasteiger charge is -2.23. The number of pyridine rings is 1. The third kappa shape index (κ3) is 10.1. The standard InChI is InChI=1S/C34H36FN5O5/c1-2-44-27-15-12-24(13-16-27)20-30(40-34(43)45-31-10-6-7-17-37-31)33(42)39-29(19-23-8-4-3-5-9-23)32(41)38-22-25-11-14-26(21-36)28(35)18-25/h3-18,29-30H,2,19-22,36H2,1H3,(H,38,41)(H,39,42)(H,40,43)/t29-,30+/m0/s1. The van der Waals surface area contributed by atoms with Crippen molar-refractivity contribution in [3.63, 3.8) is 0 Å². The Kier molecular flexibility index (Phi) is 12.0. The van der Waals surface area contributed by atoms with Crippen molar-refractivity contribution in [2.45, 2.75) is 44.9 Å². The maximum atomic E-state index is 14.3. The zero-order valence-electron chi connectivity index (χ0n) is 24.9. The molecule has 0 unspecified atom stereocenters. The number of nitrogens with two attached hydrogens (primary N) is 1. The zero-order valence-corrected chi connectivity index (χ0v) is 24.9. The molecule has 1 heterocycles. The number of halogens is 1. The van der Waals surface area contributed by atoms with Crippen molar-refractivity contribution in [3.05, 3.63) is 125 Å². The average Bonchev–Trinajstić information content (AvgIpc) is 3.05. The molecule has 0 aliphatic heterocycles. The first-order chi connectivity index (χ1) is 21.8. The summed E-state index contributed by atoms with van der Waals surface area (Å²) in [7, 11) is 0. The maximum Gasteiger partial charge on any atom is 0.414 e. The van der Waals surface area contributed by atoms with Gasteiger partial charge in [-0.15, -0.1) is 0 Å². The summed E-state index contributed by atoms with van der Waals surface area (Å²) < 4.78 is 25.0. The second kappa shape index (κ2) is 16.5. The average molecular weight is 614 g/mol. The molecule has 0 spiro atoms. The molecule has 10 nitrogen and oxygen atoms in total. The predicted octanol–water partition coefficient (Wildman–Crippen LogP) is 3.82. The summed E-state index contributed by atoms with van der Waals surface area (Å²) in [4.78, 5) is 44.0. The Hall–Kier alpha value is -5.29. The largest absolute Gasteiger partial charge is 0.494 e. The Labute approximate surface area is 261 Å². The molecule has 0 aliphatic rings. The minimum absolute atomic E-state index is 0.0338. The van der Waals surface area contributed by atoms with Gasteiger partial charge in [-0.1, -0.05) is 60.7 Å². The quantitative estimate of drug-likeness (QED) is 0.169. The highest BCUT2D eigenvalue weighted by Crippen LogP contribution is 2.15. The van der Waals surface area contributed by atoms with E-state index in [2.05, 4.69) is 20.9 Å². The monoisotopic (exact) mass is 613 g/mol. The molecule has 5 N–H and O–H groups in total. The lowest BCUT2D eigenvalue weighted by molar-refractivity contribution is -0.130. The smallest absolute Gasteiger partial charge is 0.414 e. The lowest BCUT2D eigenvalue weighted by atomic mass is 10.0. The van der Waals surface area contributed by atoms with Gasteiger partial charge in [0.15, 0.2) is 0 Å². The third-order valence-electron chi connectivity index (χ3n) is 6.84. The second-order valence-electron chi connectivity index (χ2n) is 10.1. The van der Waals surface area contributed by atoms with Gasteiger partial charge in [0.25, 0.3) is 0 Å². The van der Waals surface area contributed by atoms with Crippen molar-refractivity contribution in [1.82, 2.24) is 20.9 Å². The SMILES string of the molecule is CCOc1ccc(C[C@@H](NC(=O)Oc2ccccn2)C(=O)N[C@@H](Cc2ccccc2)C(=O)NCc2ccc(CN)c(F)c2)cc1. The highest BCUT2D eigenvalue weighted by atomic mass is 19.1. The summed E-state index contributed by atoms with van der Waals surface area (Å²) in [5, 5.41) is 8.19. The van der Waals surface area contributed by atoms with Crippen LogP contribution in [0.4, 0.5) is 9.18 Å². The fourth-order valence-electron chi connectivity index (χ4n) is 4.52. The number of carbonyl (C=O) groups excluding carboxylic acids is 3. The van der Waals surface area contributed by atoms with E-state index in [4.69, 9.17) is 15.2 Å². The Morgan fingerprint density at radius 1 is 0.822 bits per heavy atom. The molecule has 0 aliphatic carbocycles. The molecule has 0 saturated carbocycles. The van der Waals surface area contributed by atoms with Gasteiger partial charge in [0.05, 0.1) is 6.61 Å². The van der Waals surface area contributed by atoms with Crippen LogP contribution in [-0.2, 0) is 35.5 Å². The van der Waals surface area contributed by atoms with Crippen molar-refractivity contribution < 1.29 is 28.2 Å². The molecule has 3 aromatic carbocycles. The van der Waals surface area contributed by atoms with Crippen LogP contribution in [0.5, 0.6) is 11.6 Å². The summed E-state index contributed by atoms with van der Waals surface area (Å²) in [6, 6.07) is 23.6. The molecule has 0 radical (unpaired) electrons. The normalized spacial score (nSPS) is 12.0. The number of hydrogen-bond acceptors (Lipinski definition) is 7. The second-order valence-corrected chi connectivity index (χ2v) is 10.1. The van der Waals surface area contributed by atoms with Crippen LogP contribution >= 0.6 is 0 Å². The highest BCUT2D eigenvalue weighted by molar-refractivity contribution is 5.91. The van der Waals surface area contributed by atoms with Gasteiger partial charge < -0.3 is 31.2 Å². The molecule has 234 valence electrons. The lowest BCUT2D eigenvalue weighted by Crippen LogP contribution is -2.55. The predicted molar refractivity (Wildman–Crippen MR) is 167 cm³/mol. The number of nitrogens with zero attached hydrogens (tertiary/aromatic N) is 1. The van der Waals surface area contributed by atoms with E-state index in [0.29, 0.717) is 23.5 Å². The van der Waals surface area contributed by atoms with E-state index in [-0.39, 0.29) is 31.8 Å². The number of aromatic nitrogens is 1. The first kappa shape index (κ1) is 32.6. The van der Waals surface area contributed by atoms with Gasteiger partial charge in [-0.05, 0) is 47.9 Å². The van der Waals surface area contributed by atoms with Gasteiger partial charge in [-0.25, -0.2) is 14.2 Å². The Balaban J connectivity index is 1.52. The van der Waals surface area contributed by atoms with Crippen LogP contribution in [0.1, 0.15) is 29.2 Å². The van der Waals surface area contributed by atoms with Crippen molar-refractivity contribution in [3.8, 4) is 11.6 Å². The van der Waals surface area contributed by atoms with Crippen molar-refractivity contribution >= 4 is 17.9 Å². The van der Waals surface area contributed by atoms with E-state index in [1.54, 1.807) is 48.5 Å². The van der Waals surface area contributed by atoms with E-state index in [1.165, 1.54) is 18.3 Å². The fourth-order valence-corrected chi connectivity index (χ4v) is 4.52.